The minimum atomic E-state index is -0.380. The van der Waals surface area contributed by atoms with Gasteiger partial charge in [-0.3, -0.25) is 4.79 Å². The van der Waals surface area contributed by atoms with Crippen molar-refractivity contribution in [1.82, 2.24) is 15.0 Å². The van der Waals surface area contributed by atoms with Gasteiger partial charge in [0.1, 0.15) is 0 Å². The molecule has 1 aliphatic heterocycles. The molecule has 8 heteroatoms. The van der Waals surface area contributed by atoms with Crippen LogP contribution in [0.1, 0.15) is 12.8 Å². The molecular formula is C10H16N6OS. The third kappa shape index (κ3) is 3.22. The first-order valence-corrected chi connectivity index (χ1v) is 6.77. The second kappa shape index (κ2) is 5.85. The van der Waals surface area contributed by atoms with E-state index in [2.05, 4.69) is 25.2 Å². The van der Waals surface area contributed by atoms with Gasteiger partial charge >= 0.3 is 0 Å². The van der Waals surface area contributed by atoms with Crippen molar-refractivity contribution < 1.29 is 4.79 Å². The molecule has 1 aliphatic rings. The number of hydrogen-bond donors (Lipinski definition) is 2. The van der Waals surface area contributed by atoms with Crippen molar-refractivity contribution in [3.05, 3.63) is 0 Å². The van der Waals surface area contributed by atoms with E-state index in [-0.39, 0.29) is 11.7 Å². The van der Waals surface area contributed by atoms with Gasteiger partial charge in [0, 0.05) is 20.1 Å². The van der Waals surface area contributed by atoms with Crippen molar-refractivity contribution >= 4 is 29.6 Å². The van der Waals surface area contributed by atoms with E-state index in [1.54, 1.807) is 7.05 Å². The van der Waals surface area contributed by atoms with Crippen LogP contribution in [0.2, 0.25) is 0 Å². The molecule has 1 fully saturated rings. The fourth-order valence-electron chi connectivity index (χ4n) is 1.72. The molecule has 0 spiro atoms. The number of aromatic nitrogens is 3. The number of primary amides is 1. The molecule has 0 bridgehead atoms. The molecule has 2 rings (SSSR count). The Bertz CT molecular complexity index is 434. The van der Waals surface area contributed by atoms with Crippen LogP contribution >= 0.6 is 11.8 Å². The lowest BCUT2D eigenvalue weighted by Gasteiger charge is -2.16. The number of hydrogen-bond acceptors (Lipinski definition) is 7. The molecule has 0 aromatic carbocycles. The van der Waals surface area contributed by atoms with E-state index in [1.807, 2.05) is 0 Å². The van der Waals surface area contributed by atoms with Crippen LogP contribution in [0.5, 0.6) is 0 Å². The van der Waals surface area contributed by atoms with Crippen molar-refractivity contribution in [2.75, 3.05) is 36.1 Å². The van der Waals surface area contributed by atoms with Gasteiger partial charge in [0.05, 0.1) is 5.75 Å². The molecule has 7 nitrogen and oxygen atoms in total. The Morgan fingerprint density at radius 3 is 2.72 bits per heavy atom. The number of thioether (sulfide) groups is 1. The van der Waals surface area contributed by atoms with Crippen LogP contribution in [0.4, 0.5) is 11.9 Å². The molecule has 0 saturated carbocycles. The molecule has 1 aromatic rings. The average molecular weight is 268 g/mol. The molecule has 3 N–H and O–H groups in total. The van der Waals surface area contributed by atoms with Gasteiger partial charge in [-0.2, -0.15) is 15.0 Å². The van der Waals surface area contributed by atoms with Crippen molar-refractivity contribution in [3.63, 3.8) is 0 Å². The van der Waals surface area contributed by atoms with Gasteiger partial charge in [-0.1, -0.05) is 11.8 Å². The lowest BCUT2D eigenvalue weighted by molar-refractivity contribution is -0.115. The number of amides is 1. The largest absolute Gasteiger partial charge is 0.369 e. The molecule has 0 atom stereocenters. The Balaban J connectivity index is 2.18. The molecule has 0 radical (unpaired) electrons. The summed E-state index contributed by atoms with van der Waals surface area (Å²) in [6, 6.07) is 0. The molecule has 0 unspecified atom stereocenters. The van der Waals surface area contributed by atoms with Gasteiger partial charge in [0.25, 0.3) is 0 Å². The molecule has 1 aromatic heterocycles. The first-order valence-electron chi connectivity index (χ1n) is 5.79. The van der Waals surface area contributed by atoms with Crippen molar-refractivity contribution in [2.45, 2.75) is 18.0 Å². The average Bonchev–Trinajstić information content (AvgIpc) is 2.89. The van der Waals surface area contributed by atoms with Crippen LogP contribution in [0.3, 0.4) is 0 Å². The predicted octanol–water partition coefficient (Wildman–Crippen LogP) is 0.0909. The summed E-state index contributed by atoms with van der Waals surface area (Å²) in [5.74, 6) is 0.971. The summed E-state index contributed by atoms with van der Waals surface area (Å²) in [7, 11) is 1.76. The molecule has 1 amide bonds. The summed E-state index contributed by atoms with van der Waals surface area (Å²) >= 11 is 1.23. The van der Waals surface area contributed by atoms with Crippen LogP contribution in [0.15, 0.2) is 5.16 Å². The van der Waals surface area contributed by atoms with Gasteiger partial charge < -0.3 is 16.0 Å². The Labute approximate surface area is 110 Å². The second-order valence-corrected chi connectivity index (χ2v) is 4.88. The van der Waals surface area contributed by atoms with Crippen molar-refractivity contribution in [1.29, 1.82) is 0 Å². The number of carbonyl (C=O) groups excluding carboxylic acids is 1. The zero-order valence-corrected chi connectivity index (χ0v) is 11.0. The fraction of sp³-hybridized carbons (Fsp3) is 0.600. The van der Waals surface area contributed by atoms with Gasteiger partial charge in [0.15, 0.2) is 5.16 Å². The fourth-order valence-corrected chi connectivity index (χ4v) is 2.29. The first-order chi connectivity index (χ1) is 8.69. The molecule has 18 heavy (non-hydrogen) atoms. The minimum Gasteiger partial charge on any atom is -0.369 e. The number of rotatable bonds is 5. The lowest BCUT2D eigenvalue weighted by atomic mass is 10.4. The molecular weight excluding hydrogens is 252 g/mol. The maximum atomic E-state index is 10.8. The predicted molar refractivity (Wildman–Crippen MR) is 70.7 cm³/mol. The van der Waals surface area contributed by atoms with Crippen LogP contribution in [0, 0.1) is 0 Å². The molecule has 1 saturated heterocycles. The van der Waals surface area contributed by atoms with Crippen LogP contribution < -0.4 is 16.0 Å². The van der Waals surface area contributed by atoms with Gasteiger partial charge in [0.2, 0.25) is 17.8 Å². The number of anilines is 2. The van der Waals surface area contributed by atoms with Gasteiger partial charge in [-0.15, -0.1) is 0 Å². The summed E-state index contributed by atoms with van der Waals surface area (Å²) in [4.78, 5) is 25.8. The molecule has 2 heterocycles. The monoisotopic (exact) mass is 268 g/mol. The summed E-state index contributed by atoms with van der Waals surface area (Å²) in [5.41, 5.74) is 5.11. The maximum Gasteiger partial charge on any atom is 0.231 e. The SMILES string of the molecule is CNc1nc(SCC(N)=O)nc(N2CCCC2)n1. The highest BCUT2D eigenvalue weighted by atomic mass is 32.2. The Morgan fingerprint density at radius 1 is 1.39 bits per heavy atom. The zero-order valence-electron chi connectivity index (χ0n) is 10.2. The summed E-state index contributed by atoms with van der Waals surface area (Å²) in [6.45, 7) is 1.93. The smallest absolute Gasteiger partial charge is 0.231 e. The molecule has 0 aliphatic carbocycles. The topological polar surface area (TPSA) is 97.0 Å². The number of nitrogens with zero attached hydrogens (tertiary/aromatic N) is 4. The van der Waals surface area contributed by atoms with Crippen molar-refractivity contribution in [3.8, 4) is 0 Å². The third-order valence-corrected chi connectivity index (χ3v) is 3.43. The number of nitrogens with one attached hydrogen (secondary N) is 1. The standard InChI is InChI=1S/C10H16N6OS/c1-12-8-13-9(16-4-2-3-5-16)15-10(14-8)18-6-7(11)17/h2-6H2,1H3,(H2,11,17)(H,12,13,14,15). The Hall–Kier alpha value is -1.57. The van der Waals surface area contributed by atoms with E-state index in [9.17, 15) is 4.79 Å². The van der Waals surface area contributed by atoms with E-state index < -0.39 is 0 Å². The van der Waals surface area contributed by atoms with Gasteiger partial charge in [-0.05, 0) is 12.8 Å². The van der Waals surface area contributed by atoms with Crippen LogP contribution in [0.25, 0.3) is 0 Å². The zero-order chi connectivity index (χ0) is 13.0. The van der Waals surface area contributed by atoms with E-state index in [0.717, 1.165) is 25.9 Å². The normalized spacial score (nSPS) is 14.8. The van der Waals surface area contributed by atoms with E-state index in [4.69, 9.17) is 5.73 Å². The minimum absolute atomic E-state index is 0.173. The highest BCUT2D eigenvalue weighted by Gasteiger charge is 2.17. The Kier molecular flexibility index (Phi) is 4.19. The number of carbonyl (C=O) groups is 1. The van der Waals surface area contributed by atoms with E-state index in [1.165, 1.54) is 11.8 Å². The van der Waals surface area contributed by atoms with E-state index in [0.29, 0.717) is 17.1 Å². The summed E-state index contributed by atoms with van der Waals surface area (Å²) < 4.78 is 0. The maximum absolute atomic E-state index is 10.8. The lowest BCUT2D eigenvalue weighted by Crippen LogP contribution is -2.22. The summed E-state index contributed by atoms with van der Waals surface area (Å²) in [6.07, 6.45) is 2.31. The summed E-state index contributed by atoms with van der Waals surface area (Å²) in [5, 5.41) is 3.42. The van der Waals surface area contributed by atoms with Crippen LogP contribution in [-0.2, 0) is 4.79 Å². The highest BCUT2D eigenvalue weighted by molar-refractivity contribution is 7.99. The van der Waals surface area contributed by atoms with Gasteiger partial charge in [-0.25, -0.2) is 0 Å². The Morgan fingerprint density at radius 2 is 2.11 bits per heavy atom. The quantitative estimate of drug-likeness (QED) is 0.730. The molecule has 98 valence electrons. The highest BCUT2D eigenvalue weighted by Crippen LogP contribution is 2.21. The third-order valence-electron chi connectivity index (χ3n) is 2.56. The van der Waals surface area contributed by atoms with Crippen molar-refractivity contribution in [2.24, 2.45) is 5.73 Å². The van der Waals surface area contributed by atoms with Crippen LogP contribution in [-0.4, -0.2) is 46.7 Å². The second-order valence-electron chi connectivity index (χ2n) is 3.94. The number of nitrogens with two attached hydrogens (primary N) is 1. The first kappa shape index (κ1) is 12.9. The van der Waals surface area contributed by atoms with E-state index >= 15 is 0 Å².